The number of hydrogen-bond acceptors (Lipinski definition) is 0. The van der Waals surface area contributed by atoms with Gasteiger partial charge in [-0.15, -0.1) is 0 Å². The molecule has 1 saturated carbocycles. The van der Waals surface area contributed by atoms with Gasteiger partial charge in [0.25, 0.3) is 0 Å². The maximum atomic E-state index is 2.42. The fourth-order valence-corrected chi connectivity index (χ4v) is 4.66. The highest BCUT2D eigenvalue weighted by molar-refractivity contribution is 5.64. The Morgan fingerprint density at radius 1 is 0.815 bits per heavy atom. The Kier molecular flexibility index (Phi) is 7.56. The monoisotopic (exact) mass is 362 g/mol. The fraction of sp³-hybridized carbons (Fsp3) is 0.556. The Morgan fingerprint density at radius 2 is 1.41 bits per heavy atom. The molecule has 0 radical (unpaired) electrons. The molecule has 1 unspecified atom stereocenters. The zero-order valence-corrected chi connectivity index (χ0v) is 17.7. The van der Waals surface area contributed by atoms with Gasteiger partial charge in [0, 0.05) is 0 Å². The second-order valence-electron chi connectivity index (χ2n) is 8.89. The van der Waals surface area contributed by atoms with Crippen LogP contribution in [0.25, 0.3) is 11.1 Å². The first-order valence-electron chi connectivity index (χ1n) is 11.4. The maximum absolute atomic E-state index is 2.42. The molecule has 1 atom stereocenters. The molecule has 146 valence electrons. The van der Waals surface area contributed by atoms with Crippen LogP contribution in [0.4, 0.5) is 0 Å². The van der Waals surface area contributed by atoms with Crippen LogP contribution in [0.2, 0.25) is 0 Å². The van der Waals surface area contributed by atoms with Crippen molar-refractivity contribution in [3.05, 3.63) is 59.7 Å². The van der Waals surface area contributed by atoms with Crippen LogP contribution >= 0.6 is 0 Å². The van der Waals surface area contributed by atoms with Gasteiger partial charge in [-0.25, -0.2) is 0 Å². The second-order valence-corrected chi connectivity index (χ2v) is 8.89. The molecule has 0 aliphatic heterocycles. The van der Waals surface area contributed by atoms with Crippen LogP contribution in [0, 0.1) is 11.8 Å². The van der Waals surface area contributed by atoms with E-state index in [0.29, 0.717) is 0 Å². The molecule has 0 amide bonds. The number of unbranched alkanes of at least 4 members (excludes halogenated alkanes) is 1. The Bertz CT molecular complexity index is 656. The van der Waals surface area contributed by atoms with Gasteiger partial charge in [0.05, 0.1) is 0 Å². The van der Waals surface area contributed by atoms with Crippen LogP contribution in [0.5, 0.6) is 0 Å². The van der Waals surface area contributed by atoms with E-state index in [0.717, 1.165) is 17.8 Å². The number of aryl methyl sites for hydroxylation is 1. The van der Waals surface area contributed by atoms with E-state index in [4.69, 9.17) is 0 Å². The molecule has 3 rings (SSSR count). The maximum Gasteiger partial charge on any atom is -0.0162 e. The number of rotatable bonds is 8. The van der Waals surface area contributed by atoms with Crippen molar-refractivity contribution in [1.82, 2.24) is 0 Å². The van der Waals surface area contributed by atoms with Gasteiger partial charge in [-0.1, -0.05) is 82.1 Å². The molecule has 1 aliphatic carbocycles. The molecule has 1 fully saturated rings. The Morgan fingerprint density at radius 3 is 1.96 bits per heavy atom. The first-order chi connectivity index (χ1) is 13.2. The number of hydrogen-bond donors (Lipinski definition) is 0. The highest BCUT2D eigenvalue weighted by atomic mass is 14.3. The van der Waals surface area contributed by atoms with Crippen LogP contribution < -0.4 is 0 Å². The summed E-state index contributed by atoms with van der Waals surface area (Å²) in [6, 6.07) is 18.6. The third-order valence-electron chi connectivity index (χ3n) is 6.77. The van der Waals surface area contributed by atoms with Crippen molar-refractivity contribution < 1.29 is 0 Å². The fourth-order valence-electron chi connectivity index (χ4n) is 4.66. The lowest BCUT2D eigenvalue weighted by Gasteiger charge is -2.30. The summed E-state index contributed by atoms with van der Waals surface area (Å²) in [6.45, 7) is 7.01. The highest BCUT2D eigenvalue weighted by Gasteiger charge is 2.23. The van der Waals surface area contributed by atoms with Gasteiger partial charge in [-0.3, -0.25) is 0 Å². The number of benzene rings is 2. The molecular formula is C27H38. The van der Waals surface area contributed by atoms with E-state index in [1.165, 1.54) is 74.5 Å². The smallest absolute Gasteiger partial charge is 0.0162 e. The molecule has 0 bridgehead atoms. The van der Waals surface area contributed by atoms with Crippen molar-refractivity contribution in [3.8, 4) is 11.1 Å². The van der Waals surface area contributed by atoms with E-state index in [9.17, 15) is 0 Å². The van der Waals surface area contributed by atoms with E-state index in [1.54, 1.807) is 5.56 Å². The van der Waals surface area contributed by atoms with Crippen LogP contribution in [0.1, 0.15) is 89.2 Å². The largest absolute Gasteiger partial charge is 0.0654 e. The van der Waals surface area contributed by atoms with E-state index < -0.39 is 0 Å². The van der Waals surface area contributed by atoms with Gasteiger partial charge < -0.3 is 0 Å². The van der Waals surface area contributed by atoms with Crippen LogP contribution in [-0.4, -0.2) is 0 Å². The van der Waals surface area contributed by atoms with E-state index >= 15 is 0 Å². The minimum atomic E-state index is 0.781. The van der Waals surface area contributed by atoms with Gasteiger partial charge in [0.1, 0.15) is 0 Å². The molecule has 27 heavy (non-hydrogen) atoms. The lowest BCUT2D eigenvalue weighted by molar-refractivity contribution is 0.273. The molecule has 0 N–H and O–H groups in total. The summed E-state index contributed by atoms with van der Waals surface area (Å²) in [4.78, 5) is 0. The summed E-state index contributed by atoms with van der Waals surface area (Å²) in [7, 11) is 0. The molecule has 0 nitrogen and oxygen atoms in total. The second kappa shape index (κ2) is 10.1. The SMILES string of the molecule is CCCCc1ccc(-c2ccc(C3CCC(CC(C)CC)CC3)cc2)cc1. The molecule has 0 heterocycles. The zero-order chi connectivity index (χ0) is 19.1. The highest BCUT2D eigenvalue weighted by Crippen LogP contribution is 2.39. The van der Waals surface area contributed by atoms with Crippen molar-refractivity contribution in [2.45, 2.75) is 84.5 Å². The summed E-state index contributed by atoms with van der Waals surface area (Å²) in [5, 5.41) is 0. The molecule has 0 aromatic heterocycles. The first-order valence-corrected chi connectivity index (χ1v) is 11.4. The lowest BCUT2D eigenvalue weighted by atomic mass is 9.75. The van der Waals surface area contributed by atoms with Crippen molar-refractivity contribution in [2.24, 2.45) is 11.8 Å². The lowest BCUT2D eigenvalue weighted by Crippen LogP contribution is -2.15. The van der Waals surface area contributed by atoms with Gasteiger partial charge in [-0.05, 0) is 85.0 Å². The van der Waals surface area contributed by atoms with E-state index in [-0.39, 0.29) is 0 Å². The molecular weight excluding hydrogens is 324 g/mol. The summed E-state index contributed by atoms with van der Waals surface area (Å²) < 4.78 is 0. The molecule has 1 aliphatic rings. The molecule has 2 aromatic rings. The predicted molar refractivity (Wildman–Crippen MR) is 119 cm³/mol. The van der Waals surface area contributed by atoms with Crippen LogP contribution in [0.3, 0.4) is 0 Å². The Labute approximate surface area is 167 Å². The third kappa shape index (κ3) is 5.71. The molecule has 0 saturated heterocycles. The van der Waals surface area contributed by atoms with Crippen LogP contribution in [0.15, 0.2) is 48.5 Å². The average molecular weight is 363 g/mol. The molecule has 2 aromatic carbocycles. The quantitative estimate of drug-likeness (QED) is 0.442. The zero-order valence-electron chi connectivity index (χ0n) is 17.7. The van der Waals surface area contributed by atoms with Crippen molar-refractivity contribution in [3.63, 3.8) is 0 Å². The van der Waals surface area contributed by atoms with E-state index in [2.05, 4.69) is 69.3 Å². The van der Waals surface area contributed by atoms with Crippen LogP contribution in [-0.2, 0) is 6.42 Å². The summed E-state index contributed by atoms with van der Waals surface area (Å²) >= 11 is 0. The summed E-state index contributed by atoms with van der Waals surface area (Å²) in [6.07, 6.45) is 12.1. The Hall–Kier alpha value is -1.56. The average Bonchev–Trinajstić information content (AvgIpc) is 2.73. The molecule has 0 heteroatoms. The standard InChI is InChI=1S/C27H38/c1-4-6-7-22-8-12-24(13-9-22)26-16-18-27(19-17-26)25-14-10-23(11-15-25)20-21(3)5-2/h8-9,12-13,16-19,21,23,25H,4-7,10-11,14-15,20H2,1-3H3. The van der Waals surface area contributed by atoms with Gasteiger partial charge in [0.15, 0.2) is 0 Å². The summed E-state index contributed by atoms with van der Waals surface area (Å²) in [5.41, 5.74) is 5.72. The van der Waals surface area contributed by atoms with Gasteiger partial charge >= 0.3 is 0 Å². The molecule has 0 spiro atoms. The normalized spacial score (nSPS) is 21.1. The topological polar surface area (TPSA) is 0 Å². The van der Waals surface area contributed by atoms with E-state index in [1.807, 2.05) is 0 Å². The van der Waals surface area contributed by atoms with Crippen molar-refractivity contribution in [2.75, 3.05) is 0 Å². The van der Waals surface area contributed by atoms with Gasteiger partial charge in [0.2, 0.25) is 0 Å². The van der Waals surface area contributed by atoms with Crippen molar-refractivity contribution in [1.29, 1.82) is 0 Å². The predicted octanol–water partition coefficient (Wildman–Crippen LogP) is 8.41. The third-order valence-corrected chi connectivity index (χ3v) is 6.77. The van der Waals surface area contributed by atoms with Gasteiger partial charge in [-0.2, -0.15) is 0 Å². The Balaban J connectivity index is 1.56. The van der Waals surface area contributed by atoms with Crippen molar-refractivity contribution >= 4 is 0 Å². The minimum absolute atomic E-state index is 0.781. The first kappa shape index (κ1) is 20.2. The summed E-state index contributed by atoms with van der Waals surface area (Å²) in [5.74, 6) is 2.66. The minimum Gasteiger partial charge on any atom is -0.0654 e.